The van der Waals surface area contributed by atoms with Gasteiger partial charge >= 0.3 is 0 Å². The van der Waals surface area contributed by atoms with E-state index in [1.807, 2.05) is 30.3 Å². The van der Waals surface area contributed by atoms with Crippen LogP contribution in [0.1, 0.15) is 41.1 Å². The van der Waals surface area contributed by atoms with Crippen LogP contribution in [-0.2, 0) is 0 Å². The monoisotopic (exact) mass is 377 g/mol. The Hall–Kier alpha value is -3.41. The maximum absolute atomic E-state index is 12.2. The van der Waals surface area contributed by atoms with Crippen molar-refractivity contribution in [3.8, 4) is 5.75 Å². The van der Waals surface area contributed by atoms with Crippen molar-refractivity contribution in [1.29, 1.82) is 0 Å². The van der Waals surface area contributed by atoms with Crippen molar-refractivity contribution in [3.63, 3.8) is 0 Å². The molecular weight excluding hydrogens is 354 g/mol. The molecule has 0 aliphatic carbocycles. The average Bonchev–Trinajstić information content (AvgIpc) is 2.71. The van der Waals surface area contributed by atoms with Crippen LogP contribution in [0.15, 0.2) is 60.7 Å². The number of rotatable bonds is 6. The fourth-order valence-electron chi connectivity index (χ4n) is 2.56. The van der Waals surface area contributed by atoms with Crippen LogP contribution in [-0.4, -0.2) is 23.4 Å². The van der Waals surface area contributed by atoms with Crippen molar-refractivity contribution >= 4 is 22.7 Å². The first-order chi connectivity index (χ1) is 13.5. The number of nitrogens with zero attached hydrogens (tertiary/aromatic N) is 1. The Morgan fingerprint density at radius 2 is 1.64 bits per heavy atom. The highest BCUT2D eigenvalue weighted by Gasteiger charge is 2.11. The molecule has 0 fully saturated rings. The normalized spacial score (nSPS) is 10.7. The molecule has 0 radical (unpaired) electrons. The average molecular weight is 377 g/mol. The summed E-state index contributed by atoms with van der Waals surface area (Å²) in [7, 11) is 0. The van der Waals surface area contributed by atoms with Gasteiger partial charge in [0.1, 0.15) is 11.4 Å². The number of hydrogen-bond acceptors (Lipinski definition) is 4. The number of fused-ring (bicyclic) bond motifs is 1. The second-order valence-corrected chi connectivity index (χ2v) is 6.85. The van der Waals surface area contributed by atoms with Crippen molar-refractivity contribution < 1.29 is 14.3 Å². The quantitative estimate of drug-likeness (QED) is 0.642. The lowest BCUT2D eigenvalue weighted by atomic mass is 10.1. The number of benzene rings is 2. The molecule has 6 heteroatoms. The summed E-state index contributed by atoms with van der Waals surface area (Å²) in [5.74, 6) is 0.392. The molecule has 3 rings (SSSR count). The molecule has 0 saturated carbocycles. The van der Waals surface area contributed by atoms with E-state index >= 15 is 0 Å². The minimum Gasteiger partial charge on any atom is -0.494 e. The summed E-state index contributed by atoms with van der Waals surface area (Å²) in [6.45, 7) is 4.91. The molecule has 0 saturated heterocycles. The Kier molecular flexibility index (Phi) is 6.22. The highest BCUT2D eigenvalue weighted by atomic mass is 16.5. The van der Waals surface area contributed by atoms with Gasteiger partial charge in [0.15, 0.2) is 0 Å². The van der Waals surface area contributed by atoms with Crippen LogP contribution >= 0.6 is 0 Å². The Morgan fingerprint density at radius 1 is 0.929 bits per heavy atom. The number of nitrogens with one attached hydrogen (secondary N) is 2. The third-order valence-corrected chi connectivity index (χ3v) is 4.20. The zero-order valence-electron chi connectivity index (χ0n) is 15.9. The van der Waals surface area contributed by atoms with Crippen LogP contribution in [0.25, 0.3) is 10.9 Å². The summed E-state index contributed by atoms with van der Waals surface area (Å²) in [4.78, 5) is 28.8. The Bertz CT molecular complexity index is 968. The van der Waals surface area contributed by atoms with Crippen molar-refractivity contribution in [2.75, 3.05) is 6.61 Å². The minimum atomic E-state index is -0.479. The molecule has 1 heterocycles. The summed E-state index contributed by atoms with van der Waals surface area (Å²) in [5, 5.41) is 0.943. The number of hydrazine groups is 1. The van der Waals surface area contributed by atoms with E-state index in [4.69, 9.17) is 4.74 Å². The summed E-state index contributed by atoms with van der Waals surface area (Å²) in [5.41, 5.74) is 6.16. The van der Waals surface area contributed by atoms with E-state index in [9.17, 15) is 9.59 Å². The lowest BCUT2D eigenvalue weighted by Gasteiger charge is -2.10. The van der Waals surface area contributed by atoms with Gasteiger partial charge in [0.2, 0.25) is 0 Å². The van der Waals surface area contributed by atoms with Gasteiger partial charge in [-0.05, 0) is 48.7 Å². The first-order valence-electron chi connectivity index (χ1n) is 9.22. The van der Waals surface area contributed by atoms with Gasteiger partial charge in [0.05, 0.1) is 12.1 Å². The number of carbonyl (C=O) groups is 2. The smallest absolute Gasteiger partial charge is 0.288 e. The number of hydrogen-bond donors (Lipinski definition) is 2. The summed E-state index contributed by atoms with van der Waals surface area (Å²) >= 11 is 0. The van der Waals surface area contributed by atoms with Gasteiger partial charge in [-0.2, -0.15) is 0 Å². The first-order valence-corrected chi connectivity index (χ1v) is 9.22. The standard InChI is InChI=1S/C22H23N3O3/c1-15(2)13-14-28-18-10-7-17(8-11-18)21(26)24-25-22(27)20-12-9-16-5-3-4-6-19(16)23-20/h3-12,15H,13-14H2,1-2H3,(H,24,26)(H,25,27). The fourth-order valence-corrected chi connectivity index (χ4v) is 2.56. The first kappa shape index (κ1) is 19.4. The lowest BCUT2D eigenvalue weighted by Crippen LogP contribution is -2.41. The number of ether oxygens (including phenoxy) is 1. The van der Waals surface area contributed by atoms with Crippen LogP contribution in [0.5, 0.6) is 5.75 Å². The van der Waals surface area contributed by atoms with E-state index in [2.05, 4.69) is 29.7 Å². The van der Waals surface area contributed by atoms with Gasteiger partial charge in [0.25, 0.3) is 11.8 Å². The highest BCUT2D eigenvalue weighted by Crippen LogP contribution is 2.14. The highest BCUT2D eigenvalue weighted by molar-refractivity contribution is 5.99. The van der Waals surface area contributed by atoms with Gasteiger partial charge in [0, 0.05) is 10.9 Å². The SMILES string of the molecule is CC(C)CCOc1ccc(C(=O)NNC(=O)c2ccc3ccccc3n2)cc1. The molecule has 0 aliphatic heterocycles. The van der Waals surface area contributed by atoms with Gasteiger partial charge in [-0.25, -0.2) is 4.98 Å². The van der Waals surface area contributed by atoms with Crippen molar-refractivity contribution in [2.24, 2.45) is 5.92 Å². The zero-order chi connectivity index (χ0) is 19.9. The van der Waals surface area contributed by atoms with Gasteiger partial charge in [-0.15, -0.1) is 0 Å². The van der Waals surface area contributed by atoms with Gasteiger partial charge in [-0.3, -0.25) is 20.4 Å². The second kappa shape index (κ2) is 8.99. The van der Waals surface area contributed by atoms with Gasteiger partial charge < -0.3 is 4.74 Å². The number of amides is 2. The number of pyridine rings is 1. The molecule has 0 unspecified atom stereocenters. The number of carbonyl (C=O) groups excluding carboxylic acids is 2. The van der Waals surface area contributed by atoms with Gasteiger partial charge in [-0.1, -0.05) is 38.1 Å². The van der Waals surface area contributed by atoms with E-state index in [1.165, 1.54) is 0 Å². The Balaban J connectivity index is 1.54. The molecular formula is C22H23N3O3. The Labute approximate surface area is 163 Å². The number of aromatic nitrogens is 1. The van der Waals surface area contributed by atoms with E-state index < -0.39 is 11.8 Å². The molecule has 3 aromatic rings. The molecule has 144 valence electrons. The third-order valence-electron chi connectivity index (χ3n) is 4.20. The van der Waals surface area contributed by atoms with E-state index in [-0.39, 0.29) is 5.69 Å². The zero-order valence-corrected chi connectivity index (χ0v) is 15.9. The maximum Gasteiger partial charge on any atom is 0.288 e. The predicted molar refractivity (Wildman–Crippen MR) is 108 cm³/mol. The van der Waals surface area contributed by atoms with Crippen molar-refractivity contribution in [3.05, 3.63) is 71.9 Å². The summed E-state index contributed by atoms with van der Waals surface area (Å²) in [6.07, 6.45) is 0.969. The topological polar surface area (TPSA) is 80.3 Å². The summed E-state index contributed by atoms with van der Waals surface area (Å²) < 4.78 is 5.63. The molecule has 0 spiro atoms. The minimum absolute atomic E-state index is 0.230. The van der Waals surface area contributed by atoms with Crippen molar-refractivity contribution in [2.45, 2.75) is 20.3 Å². The largest absolute Gasteiger partial charge is 0.494 e. The van der Waals surface area contributed by atoms with Crippen LogP contribution in [0.4, 0.5) is 0 Å². The van der Waals surface area contributed by atoms with E-state index in [0.29, 0.717) is 23.8 Å². The maximum atomic E-state index is 12.2. The number of para-hydroxylation sites is 1. The molecule has 28 heavy (non-hydrogen) atoms. The summed E-state index contributed by atoms with van der Waals surface area (Å²) in [6, 6.07) is 17.7. The van der Waals surface area contributed by atoms with Crippen LogP contribution in [0.3, 0.4) is 0 Å². The predicted octanol–water partition coefficient (Wildman–Crippen LogP) is 3.73. The van der Waals surface area contributed by atoms with E-state index in [0.717, 1.165) is 17.3 Å². The van der Waals surface area contributed by atoms with E-state index in [1.54, 1.807) is 30.3 Å². The molecule has 0 aliphatic rings. The molecule has 2 N–H and O–H groups in total. The van der Waals surface area contributed by atoms with Crippen LogP contribution in [0.2, 0.25) is 0 Å². The molecule has 2 amide bonds. The fraction of sp³-hybridized carbons (Fsp3) is 0.227. The molecule has 0 atom stereocenters. The van der Waals surface area contributed by atoms with Crippen LogP contribution in [0, 0.1) is 5.92 Å². The second-order valence-electron chi connectivity index (χ2n) is 6.85. The third kappa shape index (κ3) is 5.07. The molecule has 1 aromatic heterocycles. The lowest BCUT2D eigenvalue weighted by molar-refractivity contribution is 0.0844. The molecule has 2 aromatic carbocycles. The molecule has 0 bridgehead atoms. The molecule has 6 nitrogen and oxygen atoms in total. The van der Waals surface area contributed by atoms with Crippen LogP contribution < -0.4 is 15.6 Å². The Morgan fingerprint density at radius 3 is 2.39 bits per heavy atom. The van der Waals surface area contributed by atoms with Crippen molar-refractivity contribution in [1.82, 2.24) is 15.8 Å².